The quantitative estimate of drug-likeness (QED) is 0.766. The van der Waals surface area contributed by atoms with Crippen molar-refractivity contribution in [3.8, 4) is 0 Å². The van der Waals surface area contributed by atoms with Gasteiger partial charge in [-0.2, -0.15) is 0 Å². The van der Waals surface area contributed by atoms with Gasteiger partial charge in [0.1, 0.15) is 0 Å². The number of imidazole rings is 1. The summed E-state index contributed by atoms with van der Waals surface area (Å²) >= 11 is 19.3. The Morgan fingerprint density at radius 2 is 1.44 bits per heavy atom. The first-order valence-corrected chi connectivity index (χ1v) is 7.15. The molecule has 0 fully saturated rings. The van der Waals surface area contributed by atoms with Crippen LogP contribution in [0.5, 0.6) is 0 Å². The van der Waals surface area contributed by atoms with E-state index >= 15 is 0 Å². The van der Waals surface area contributed by atoms with Crippen molar-refractivity contribution < 1.29 is 0 Å². The first-order valence-electron chi connectivity index (χ1n) is 5.64. The number of alkyl halides is 4. The normalized spacial score (nSPS) is 10.3. The number of aromatic nitrogens is 2. The van der Waals surface area contributed by atoms with Crippen LogP contribution in [0.1, 0.15) is 20.8 Å². The lowest BCUT2D eigenvalue weighted by Crippen LogP contribution is -2.21. The smallest absolute Gasteiger partial charge is 0.266 e. The molecule has 7 heteroatoms. The largest absolute Gasteiger partial charge is 0.341 e. The molecule has 0 aromatic carbocycles. The number of rotatable bonds is 3. The molecule has 0 aliphatic carbocycles. The summed E-state index contributed by atoms with van der Waals surface area (Å²) in [4.78, 5) is 6.16. The van der Waals surface area contributed by atoms with Crippen LogP contribution in [0.3, 0.4) is 0 Å². The third kappa shape index (κ3) is 21.6. The molecule has 108 valence electrons. The minimum Gasteiger partial charge on any atom is -0.341 e. The van der Waals surface area contributed by atoms with E-state index in [9.17, 15) is 0 Å². The van der Waals surface area contributed by atoms with Crippen LogP contribution in [0.25, 0.3) is 0 Å². The molecule has 3 nitrogen and oxygen atoms in total. The van der Waals surface area contributed by atoms with E-state index in [0.717, 1.165) is 0 Å². The van der Waals surface area contributed by atoms with Crippen LogP contribution in [-0.2, 0) is 7.05 Å². The molecule has 18 heavy (non-hydrogen) atoms. The molecule has 0 spiro atoms. The van der Waals surface area contributed by atoms with Gasteiger partial charge in [-0.15, -0.1) is 0 Å². The van der Waals surface area contributed by atoms with Gasteiger partial charge in [-0.1, -0.05) is 67.2 Å². The van der Waals surface area contributed by atoms with Gasteiger partial charge in [-0.05, 0) is 19.6 Å². The van der Waals surface area contributed by atoms with Crippen LogP contribution < -0.4 is 0 Å². The second kappa shape index (κ2) is 12.4. The lowest BCUT2D eigenvalue weighted by Gasteiger charge is -2.13. The first kappa shape index (κ1) is 20.6. The topological polar surface area (TPSA) is 21.1 Å². The maximum absolute atomic E-state index is 4.83. The lowest BCUT2D eigenvalue weighted by atomic mass is 10.5. The van der Waals surface area contributed by atoms with Gasteiger partial charge >= 0.3 is 0 Å². The van der Waals surface area contributed by atoms with Crippen molar-refractivity contribution in [1.82, 2.24) is 14.5 Å². The average molecular weight is 337 g/mol. The van der Waals surface area contributed by atoms with E-state index in [1.54, 1.807) is 12.5 Å². The standard InChI is InChI=1S/C6H15N.C4H6N2.CCl4/c1-4-7(5-2)6-3;1-6-3-2-5-4-6;2-1(3,4)5/h4-6H2,1-3H3;2-4H,1H3;. The highest BCUT2D eigenvalue weighted by Gasteiger charge is 2.11. The Hall–Kier alpha value is 0.330. The molecular formula is C11H21Cl4N3. The van der Waals surface area contributed by atoms with Crippen molar-refractivity contribution in [1.29, 1.82) is 0 Å². The minimum absolute atomic E-state index is 1.19. The van der Waals surface area contributed by atoms with Crippen LogP contribution in [-0.4, -0.2) is 37.3 Å². The van der Waals surface area contributed by atoms with Crippen molar-refractivity contribution in [2.24, 2.45) is 7.05 Å². The van der Waals surface area contributed by atoms with Crippen LogP contribution >= 0.6 is 46.4 Å². The maximum Gasteiger partial charge on any atom is 0.266 e. The summed E-state index contributed by atoms with van der Waals surface area (Å²) < 4.78 is 0.278. The zero-order valence-electron chi connectivity index (χ0n) is 11.2. The van der Waals surface area contributed by atoms with Crippen LogP contribution in [0.2, 0.25) is 0 Å². The summed E-state index contributed by atoms with van der Waals surface area (Å²) in [5, 5.41) is 0. The number of aryl methyl sites for hydroxylation is 1. The fraction of sp³-hybridized carbons (Fsp3) is 0.727. The van der Waals surface area contributed by atoms with E-state index in [1.165, 1.54) is 19.6 Å². The predicted octanol–water partition coefficient (Wildman–Crippen LogP) is 4.32. The summed E-state index contributed by atoms with van der Waals surface area (Å²) in [7, 11) is 1.94. The highest BCUT2D eigenvalue weighted by atomic mass is 35.6. The second-order valence-electron chi connectivity index (χ2n) is 3.28. The Morgan fingerprint density at radius 1 is 1.06 bits per heavy atom. The average Bonchev–Trinajstić information content (AvgIpc) is 2.70. The number of hydrogen-bond donors (Lipinski definition) is 0. The van der Waals surface area contributed by atoms with Gasteiger partial charge in [0.05, 0.1) is 6.33 Å². The molecule has 0 bridgehead atoms. The summed E-state index contributed by atoms with van der Waals surface area (Å²) in [6, 6.07) is 0. The molecule has 0 radical (unpaired) electrons. The van der Waals surface area contributed by atoms with Crippen molar-refractivity contribution in [3.05, 3.63) is 18.7 Å². The fourth-order valence-electron chi connectivity index (χ4n) is 0.997. The molecule has 0 N–H and O–H groups in total. The highest BCUT2D eigenvalue weighted by Crippen LogP contribution is 2.29. The van der Waals surface area contributed by atoms with E-state index < -0.39 is 3.25 Å². The second-order valence-corrected chi connectivity index (χ2v) is 6.70. The van der Waals surface area contributed by atoms with Crippen molar-refractivity contribution in [3.63, 3.8) is 0 Å². The zero-order chi connectivity index (χ0) is 14.6. The van der Waals surface area contributed by atoms with Crippen LogP contribution in [0.4, 0.5) is 0 Å². The van der Waals surface area contributed by atoms with E-state index in [-0.39, 0.29) is 0 Å². The van der Waals surface area contributed by atoms with E-state index in [2.05, 4.69) is 30.7 Å². The summed E-state index contributed by atoms with van der Waals surface area (Å²) in [6.45, 7) is 10.1. The van der Waals surface area contributed by atoms with Crippen LogP contribution in [0, 0.1) is 0 Å². The molecular weight excluding hydrogens is 316 g/mol. The van der Waals surface area contributed by atoms with E-state index in [0.29, 0.717) is 0 Å². The Balaban J connectivity index is 0. The summed E-state index contributed by atoms with van der Waals surface area (Å²) in [6.07, 6.45) is 5.39. The Bertz CT molecular complexity index is 244. The molecule has 0 amide bonds. The molecule has 0 unspecified atom stereocenters. The third-order valence-electron chi connectivity index (χ3n) is 1.98. The maximum atomic E-state index is 4.83. The van der Waals surface area contributed by atoms with Crippen molar-refractivity contribution in [2.75, 3.05) is 19.6 Å². The van der Waals surface area contributed by atoms with Crippen molar-refractivity contribution >= 4 is 46.4 Å². The fourth-order valence-corrected chi connectivity index (χ4v) is 0.997. The Labute approximate surface area is 130 Å². The molecule has 1 heterocycles. The van der Waals surface area contributed by atoms with E-state index in [4.69, 9.17) is 46.4 Å². The van der Waals surface area contributed by atoms with Gasteiger partial charge in [-0.25, -0.2) is 4.98 Å². The molecule has 1 aromatic rings. The Morgan fingerprint density at radius 3 is 1.50 bits per heavy atom. The lowest BCUT2D eigenvalue weighted by molar-refractivity contribution is 0.321. The van der Waals surface area contributed by atoms with Gasteiger partial charge in [-0.3, -0.25) is 0 Å². The van der Waals surface area contributed by atoms with Gasteiger partial charge < -0.3 is 9.47 Å². The number of halogens is 4. The van der Waals surface area contributed by atoms with Gasteiger partial charge in [0, 0.05) is 19.4 Å². The molecule has 1 aromatic heterocycles. The van der Waals surface area contributed by atoms with Gasteiger partial charge in [0.15, 0.2) is 0 Å². The number of hydrogen-bond acceptors (Lipinski definition) is 2. The molecule has 0 aliphatic rings. The molecule has 0 saturated carbocycles. The number of nitrogens with zero attached hydrogens (tertiary/aromatic N) is 3. The monoisotopic (exact) mass is 335 g/mol. The minimum atomic E-state index is -1.61. The third-order valence-corrected chi connectivity index (χ3v) is 1.98. The summed E-state index contributed by atoms with van der Waals surface area (Å²) in [5.41, 5.74) is 0. The van der Waals surface area contributed by atoms with E-state index in [1.807, 2.05) is 17.8 Å². The SMILES string of the molecule is CCN(CC)CC.ClC(Cl)(Cl)Cl.Cn1ccnc1. The molecule has 0 saturated heterocycles. The summed E-state index contributed by atoms with van der Waals surface area (Å²) in [5.74, 6) is 0. The molecule has 0 atom stereocenters. The zero-order valence-corrected chi connectivity index (χ0v) is 14.2. The van der Waals surface area contributed by atoms with Gasteiger partial charge in [0.25, 0.3) is 3.25 Å². The first-order chi connectivity index (χ1) is 8.24. The van der Waals surface area contributed by atoms with Crippen molar-refractivity contribution in [2.45, 2.75) is 24.0 Å². The predicted molar refractivity (Wildman–Crippen MR) is 82.8 cm³/mol. The van der Waals surface area contributed by atoms with Crippen LogP contribution in [0.15, 0.2) is 18.7 Å². The highest BCUT2D eigenvalue weighted by molar-refractivity contribution is 6.83. The van der Waals surface area contributed by atoms with Gasteiger partial charge in [0.2, 0.25) is 0 Å². The molecule has 0 aliphatic heterocycles. The molecule has 1 rings (SSSR count). The Kier molecular flexibility index (Phi) is 14.2.